The van der Waals surface area contributed by atoms with Crippen molar-refractivity contribution in [3.63, 3.8) is 0 Å². The maximum atomic E-state index is 4.78. The summed E-state index contributed by atoms with van der Waals surface area (Å²) in [4.78, 5) is 9.53. The van der Waals surface area contributed by atoms with Gasteiger partial charge in [-0.3, -0.25) is 4.98 Å². The van der Waals surface area contributed by atoms with Gasteiger partial charge in [-0.1, -0.05) is 84.9 Å². The Labute approximate surface area is 219 Å². The molecule has 178 valence electrons. The molecule has 0 atom stereocenters. The van der Waals surface area contributed by atoms with E-state index in [1.54, 1.807) is 0 Å². The van der Waals surface area contributed by atoms with E-state index in [4.69, 9.17) is 9.97 Å². The summed E-state index contributed by atoms with van der Waals surface area (Å²) in [5.41, 5.74) is 12.2. The Hall–Kier alpha value is -5.22. The molecule has 0 saturated heterocycles. The quantitative estimate of drug-likeness (QED) is 0.252. The number of hydrogen-bond acceptors (Lipinski definition) is 2. The van der Waals surface area contributed by atoms with Crippen LogP contribution in [-0.4, -0.2) is 18.8 Å². The van der Waals surface area contributed by atoms with E-state index < -0.39 is 0 Å². The third-order valence-electron chi connectivity index (χ3n) is 7.41. The lowest BCUT2D eigenvalue weighted by Gasteiger charge is -2.07. The molecule has 4 aromatic heterocycles. The van der Waals surface area contributed by atoms with E-state index in [2.05, 4.69) is 106 Å². The van der Waals surface area contributed by atoms with Crippen LogP contribution in [0.25, 0.3) is 66.6 Å². The second kappa shape index (κ2) is 8.15. The molecule has 0 unspecified atom stereocenters. The molecule has 0 N–H and O–H groups in total. The third-order valence-corrected chi connectivity index (χ3v) is 7.41. The lowest BCUT2D eigenvalue weighted by Crippen LogP contribution is -1.90. The van der Waals surface area contributed by atoms with Crippen LogP contribution in [0.15, 0.2) is 134 Å². The highest BCUT2D eigenvalue weighted by Crippen LogP contribution is 2.37. The fraction of sp³-hybridized carbons (Fsp3) is 0. The lowest BCUT2D eigenvalue weighted by atomic mass is 9.98. The smallest absolute Gasteiger partial charge is 0.137 e. The van der Waals surface area contributed by atoms with Crippen LogP contribution in [0, 0.1) is 0 Å². The molecule has 0 spiro atoms. The van der Waals surface area contributed by atoms with Gasteiger partial charge < -0.3 is 8.80 Å². The molecule has 8 rings (SSSR count). The van der Waals surface area contributed by atoms with Crippen molar-refractivity contribution in [3.05, 3.63) is 134 Å². The first-order chi connectivity index (χ1) is 18.8. The summed E-state index contributed by atoms with van der Waals surface area (Å²) in [5, 5.41) is 1.23. The monoisotopic (exact) mass is 486 g/mol. The van der Waals surface area contributed by atoms with Crippen LogP contribution in [0.1, 0.15) is 0 Å². The summed E-state index contributed by atoms with van der Waals surface area (Å²) >= 11 is 0. The number of benzene rings is 4. The number of rotatable bonds is 3. The standard InChI is InChI=1S/C34H22N4/c1-3-9-30-27(7-1)34(32-21-35-28-8-2-4-10-31(28)38(30)32)26-18-14-24(15-19-26)23-12-16-25(17-13-23)29-22-37-20-6-5-11-33(37)36-29/h1-22H. The molecule has 4 nitrogen and oxygen atoms in total. The van der Waals surface area contributed by atoms with E-state index in [0.717, 1.165) is 33.5 Å². The molecular formula is C34H22N4. The van der Waals surface area contributed by atoms with Crippen molar-refractivity contribution in [2.75, 3.05) is 0 Å². The molecule has 8 aromatic rings. The molecule has 0 radical (unpaired) electrons. The summed E-state index contributed by atoms with van der Waals surface area (Å²) in [6, 6.07) is 40.5. The molecule has 0 amide bonds. The molecule has 0 fully saturated rings. The average Bonchev–Trinajstić information content (AvgIpc) is 3.57. The van der Waals surface area contributed by atoms with Gasteiger partial charge in [0.05, 0.1) is 34.0 Å². The van der Waals surface area contributed by atoms with Gasteiger partial charge in [-0.05, 0) is 47.0 Å². The van der Waals surface area contributed by atoms with E-state index in [0.29, 0.717) is 0 Å². The summed E-state index contributed by atoms with van der Waals surface area (Å²) in [7, 11) is 0. The number of imidazole rings is 1. The zero-order valence-electron chi connectivity index (χ0n) is 20.5. The Kier molecular flexibility index (Phi) is 4.49. The largest absolute Gasteiger partial charge is 0.306 e. The second-order valence-corrected chi connectivity index (χ2v) is 9.61. The Bertz CT molecular complexity index is 2080. The Morgan fingerprint density at radius 2 is 1.18 bits per heavy atom. The van der Waals surface area contributed by atoms with Gasteiger partial charge in [0.15, 0.2) is 0 Å². The lowest BCUT2D eigenvalue weighted by molar-refractivity contribution is 1.19. The van der Waals surface area contributed by atoms with Gasteiger partial charge in [0.1, 0.15) is 5.65 Å². The SMILES string of the molecule is c1ccc2c(c1)ncc1c(-c3ccc(-c4ccc(-c5cn6ccccc6n5)cc4)cc3)c3ccccc3n12. The number of nitrogens with zero attached hydrogens (tertiary/aromatic N) is 4. The Balaban J connectivity index is 1.20. The van der Waals surface area contributed by atoms with E-state index in [1.807, 2.05) is 36.7 Å². The third kappa shape index (κ3) is 3.17. The van der Waals surface area contributed by atoms with Crippen LogP contribution in [-0.2, 0) is 0 Å². The van der Waals surface area contributed by atoms with Crippen LogP contribution < -0.4 is 0 Å². The second-order valence-electron chi connectivity index (χ2n) is 9.61. The number of para-hydroxylation sites is 3. The van der Waals surface area contributed by atoms with E-state index in [9.17, 15) is 0 Å². The zero-order valence-corrected chi connectivity index (χ0v) is 20.5. The molecule has 0 saturated carbocycles. The van der Waals surface area contributed by atoms with Gasteiger partial charge in [-0.15, -0.1) is 0 Å². The number of aromatic nitrogens is 4. The first kappa shape index (κ1) is 20.9. The van der Waals surface area contributed by atoms with Gasteiger partial charge in [-0.25, -0.2) is 4.98 Å². The fourth-order valence-corrected chi connectivity index (χ4v) is 5.57. The van der Waals surface area contributed by atoms with E-state index in [-0.39, 0.29) is 0 Å². The number of pyridine rings is 1. The molecule has 38 heavy (non-hydrogen) atoms. The highest BCUT2D eigenvalue weighted by molar-refractivity contribution is 6.07. The minimum atomic E-state index is 0.955. The van der Waals surface area contributed by atoms with Crippen LogP contribution >= 0.6 is 0 Å². The zero-order chi connectivity index (χ0) is 25.1. The first-order valence-corrected chi connectivity index (χ1v) is 12.8. The molecule has 4 heteroatoms. The molecule has 0 aliphatic carbocycles. The maximum absolute atomic E-state index is 4.78. The molecular weight excluding hydrogens is 464 g/mol. The van der Waals surface area contributed by atoms with Gasteiger partial charge >= 0.3 is 0 Å². The van der Waals surface area contributed by atoms with Gasteiger partial charge in [-0.2, -0.15) is 0 Å². The molecule has 0 aliphatic heterocycles. The minimum Gasteiger partial charge on any atom is -0.306 e. The predicted octanol–water partition coefficient (Wildman–Crippen LogP) is 8.29. The van der Waals surface area contributed by atoms with Crippen LogP contribution in [0.4, 0.5) is 0 Å². The normalized spacial score (nSPS) is 11.7. The highest BCUT2D eigenvalue weighted by Gasteiger charge is 2.16. The van der Waals surface area contributed by atoms with Gasteiger partial charge in [0.2, 0.25) is 0 Å². The van der Waals surface area contributed by atoms with Crippen molar-refractivity contribution in [3.8, 4) is 33.5 Å². The molecule has 4 aromatic carbocycles. The number of hydrogen-bond donors (Lipinski definition) is 0. The van der Waals surface area contributed by atoms with Crippen LogP contribution in [0.5, 0.6) is 0 Å². The first-order valence-electron chi connectivity index (χ1n) is 12.8. The maximum Gasteiger partial charge on any atom is 0.137 e. The van der Waals surface area contributed by atoms with Crippen molar-refractivity contribution < 1.29 is 0 Å². The summed E-state index contributed by atoms with van der Waals surface area (Å²) in [6.07, 6.45) is 6.10. The average molecular weight is 487 g/mol. The van der Waals surface area contributed by atoms with Gasteiger partial charge in [0.25, 0.3) is 0 Å². The van der Waals surface area contributed by atoms with Crippen molar-refractivity contribution >= 4 is 33.1 Å². The number of fused-ring (bicyclic) bond motifs is 6. The molecule has 0 bridgehead atoms. The summed E-state index contributed by atoms with van der Waals surface area (Å²) in [6.45, 7) is 0. The minimum absolute atomic E-state index is 0.955. The van der Waals surface area contributed by atoms with Crippen molar-refractivity contribution in [1.82, 2.24) is 18.8 Å². The highest BCUT2D eigenvalue weighted by atomic mass is 15.0. The topological polar surface area (TPSA) is 34.6 Å². The summed E-state index contributed by atoms with van der Waals surface area (Å²) < 4.78 is 4.38. The Morgan fingerprint density at radius 1 is 0.526 bits per heavy atom. The molecule has 0 aliphatic rings. The van der Waals surface area contributed by atoms with E-state index in [1.165, 1.54) is 33.2 Å². The fourth-order valence-electron chi connectivity index (χ4n) is 5.57. The van der Waals surface area contributed by atoms with Crippen LogP contribution in [0.2, 0.25) is 0 Å². The van der Waals surface area contributed by atoms with Gasteiger partial charge in [0, 0.05) is 28.9 Å². The van der Waals surface area contributed by atoms with Crippen molar-refractivity contribution in [2.45, 2.75) is 0 Å². The predicted molar refractivity (Wildman–Crippen MR) is 155 cm³/mol. The summed E-state index contributed by atoms with van der Waals surface area (Å²) in [5.74, 6) is 0. The molecule has 4 heterocycles. The van der Waals surface area contributed by atoms with Crippen molar-refractivity contribution in [1.29, 1.82) is 0 Å². The van der Waals surface area contributed by atoms with Crippen LogP contribution in [0.3, 0.4) is 0 Å². The Morgan fingerprint density at radius 3 is 1.97 bits per heavy atom. The van der Waals surface area contributed by atoms with E-state index >= 15 is 0 Å². The van der Waals surface area contributed by atoms with Crippen molar-refractivity contribution in [2.24, 2.45) is 0 Å².